The fourth-order valence-electron chi connectivity index (χ4n) is 6.15. The molecule has 0 unspecified atom stereocenters. The van der Waals surface area contributed by atoms with Crippen molar-refractivity contribution in [1.82, 2.24) is 10.1 Å². The molecule has 39 heavy (non-hydrogen) atoms. The van der Waals surface area contributed by atoms with Gasteiger partial charge in [-0.1, -0.05) is 19.0 Å². The van der Waals surface area contributed by atoms with Gasteiger partial charge < -0.3 is 35.2 Å². The van der Waals surface area contributed by atoms with Crippen molar-refractivity contribution in [2.24, 2.45) is 17.6 Å². The molecule has 3 atom stereocenters. The normalized spacial score (nSPS) is 24.6. The Morgan fingerprint density at radius 2 is 1.92 bits per heavy atom. The number of aromatic nitrogens is 2. The first kappa shape index (κ1) is 26.4. The highest BCUT2D eigenvalue weighted by atomic mass is 16.5. The molecule has 0 spiro atoms. The van der Waals surface area contributed by atoms with Crippen LogP contribution < -0.4 is 10.6 Å². The van der Waals surface area contributed by atoms with Crippen LogP contribution >= 0.6 is 0 Å². The summed E-state index contributed by atoms with van der Waals surface area (Å²) in [7, 11) is 4.77. The minimum atomic E-state index is -2.08. The van der Waals surface area contributed by atoms with Gasteiger partial charge >= 0.3 is 0 Å². The third-order valence-electron chi connectivity index (χ3n) is 8.00. The predicted molar refractivity (Wildman–Crippen MR) is 137 cm³/mol. The van der Waals surface area contributed by atoms with E-state index in [9.17, 15) is 29.7 Å². The highest BCUT2D eigenvalue weighted by Gasteiger charge is 2.61. The minimum Gasteiger partial charge on any atom is -0.511 e. The molecule has 0 aliphatic heterocycles. The van der Waals surface area contributed by atoms with Gasteiger partial charge in [0, 0.05) is 50.7 Å². The number of aliphatic hydroxyl groups is 2. The monoisotopic (exact) mass is 538 g/mol. The number of aliphatic hydroxyl groups excluding tert-OH is 2. The number of amides is 1. The molecule has 0 saturated heterocycles. The SMILES string of the molecule is CO[C@@]12C(=O)C(C(N)=O)=C(O)C[C@@H]1C[C@@H]1Cc3c(N(C)C)cc(-c4nc(C(C)C)no4)c(O)c3C(=O)C1=C2O. The molecule has 3 aliphatic carbocycles. The lowest BCUT2D eigenvalue weighted by molar-refractivity contribution is -0.149. The molecule has 1 aromatic carbocycles. The number of ketones is 2. The highest BCUT2D eigenvalue weighted by molar-refractivity contribution is 6.24. The van der Waals surface area contributed by atoms with E-state index in [1.54, 1.807) is 25.1 Å². The summed E-state index contributed by atoms with van der Waals surface area (Å²) in [6.45, 7) is 3.78. The van der Waals surface area contributed by atoms with Crippen molar-refractivity contribution in [3.05, 3.63) is 45.7 Å². The zero-order chi connectivity index (χ0) is 28.5. The topological polar surface area (TPSA) is 189 Å². The first-order chi connectivity index (χ1) is 18.3. The number of methoxy groups -OCH3 is 1. The summed E-state index contributed by atoms with van der Waals surface area (Å²) in [6.07, 6.45) is 0.296. The second-order valence-corrected chi connectivity index (χ2v) is 10.7. The third kappa shape index (κ3) is 3.58. The number of anilines is 1. The number of phenols is 1. The lowest BCUT2D eigenvalue weighted by Gasteiger charge is -2.47. The number of allylic oxidation sites excluding steroid dienone is 2. The predicted octanol–water partition coefficient (Wildman–Crippen LogP) is 2.47. The first-order valence-electron chi connectivity index (χ1n) is 12.5. The number of benzene rings is 1. The number of rotatable bonds is 5. The maximum absolute atomic E-state index is 14.1. The smallest absolute Gasteiger partial charge is 0.261 e. The van der Waals surface area contributed by atoms with Crippen LogP contribution in [0.25, 0.3) is 11.5 Å². The summed E-state index contributed by atoms with van der Waals surface area (Å²) >= 11 is 0. The van der Waals surface area contributed by atoms with Gasteiger partial charge in [-0.15, -0.1) is 0 Å². The van der Waals surface area contributed by atoms with Crippen molar-refractivity contribution in [3.8, 4) is 17.2 Å². The second kappa shape index (κ2) is 8.94. The van der Waals surface area contributed by atoms with Crippen molar-refractivity contribution >= 4 is 23.2 Å². The van der Waals surface area contributed by atoms with Crippen molar-refractivity contribution in [2.45, 2.75) is 44.6 Å². The largest absolute Gasteiger partial charge is 0.511 e. The summed E-state index contributed by atoms with van der Waals surface area (Å²) in [5, 5.41) is 37.3. The number of ether oxygens (including phenoxy) is 1. The maximum Gasteiger partial charge on any atom is 0.261 e. The molecule has 0 radical (unpaired) electrons. The Balaban J connectivity index is 1.73. The van der Waals surface area contributed by atoms with Crippen LogP contribution in [0.15, 0.2) is 33.3 Å². The van der Waals surface area contributed by atoms with E-state index in [1.165, 1.54) is 7.11 Å². The Morgan fingerprint density at radius 1 is 1.23 bits per heavy atom. The molecule has 5 N–H and O–H groups in total. The Hall–Kier alpha value is -4.19. The molecule has 0 saturated carbocycles. The molecule has 0 bridgehead atoms. The summed E-state index contributed by atoms with van der Waals surface area (Å²) in [4.78, 5) is 45.7. The molecule has 206 valence electrons. The molecule has 0 fully saturated rings. The second-order valence-electron chi connectivity index (χ2n) is 10.7. The number of nitrogens with zero attached hydrogens (tertiary/aromatic N) is 3. The van der Waals surface area contributed by atoms with Gasteiger partial charge in [-0.05, 0) is 30.4 Å². The summed E-state index contributed by atoms with van der Waals surface area (Å²) in [5.74, 6) is -5.25. The fraction of sp³-hybridized carbons (Fsp3) is 0.444. The average Bonchev–Trinajstić information content (AvgIpc) is 3.34. The quantitative estimate of drug-likeness (QED) is 0.409. The van der Waals surface area contributed by atoms with Gasteiger partial charge in [0.25, 0.3) is 11.8 Å². The van der Waals surface area contributed by atoms with Crippen LogP contribution in [0.5, 0.6) is 5.75 Å². The van der Waals surface area contributed by atoms with Crippen LogP contribution in [0.1, 0.15) is 54.4 Å². The number of carbonyl (C=O) groups is 3. The van der Waals surface area contributed by atoms with Gasteiger partial charge in [-0.2, -0.15) is 4.98 Å². The van der Waals surface area contributed by atoms with E-state index in [-0.39, 0.29) is 47.8 Å². The number of fused-ring (bicyclic) bond motifs is 3. The molecule has 1 amide bonds. The molecule has 12 heteroatoms. The van der Waals surface area contributed by atoms with Crippen LogP contribution in [-0.2, 0) is 20.7 Å². The number of carbonyl (C=O) groups excluding carboxylic acids is 3. The van der Waals surface area contributed by atoms with E-state index in [0.717, 1.165) is 0 Å². The Kier molecular flexibility index (Phi) is 6.06. The number of hydrogen-bond donors (Lipinski definition) is 4. The van der Waals surface area contributed by atoms with Gasteiger partial charge in [0.15, 0.2) is 17.2 Å². The zero-order valence-electron chi connectivity index (χ0n) is 22.2. The standard InChI is InChI=1S/C27H30N4O8/c1-10(2)25-29-26(39-30-25)14-9-15(31(3)4)13-7-11-6-12-8-16(32)19(24(28)37)23(36)27(12,38-5)22(35)17(11)21(34)18(13)20(14)33/h9-12,32-33,35H,6-8H2,1-5H3,(H2,28,37)/t11-,12+,27+/m1/s1. The van der Waals surface area contributed by atoms with Crippen LogP contribution in [0.3, 0.4) is 0 Å². The van der Waals surface area contributed by atoms with Gasteiger partial charge in [0.05, 0.1) is 11.1 Å². The van der Waals surface area contributed by atoms with Crippen LogP contribution in [0.2, 0.25) is 0 Å². The average molecular weight is 539 g/mol. The van der Waals surface area contributed by atoms with Gasteiger partial charge in [0.2, 0.25) is 5.78 Å². The number of phenolic OH excluding ortho intramolecular Hbond substituents is 1. The van der Waals surface area contributed by atoms with E-state index in [2.05, 4.69) is 10.1 Å². The molecule has 12 nitrogen and oxygen atoms in total. The third-order valence-corrected chi connectivity index (χ3v) is 8.00. The van der Waals surface area contributed by atoms with Gasteiger partial charge in [-0.25, -0.2) is 0 Å². The van der Waals surface area contributed by atoms with E-state index < -0.39 is 57.8 Å². The lowest BCUT2D eigenvalue weighted by atomic mass is 9.60. The number of primary amides is 1. The molecular weight excluding hydrogens is 508 g/mol. The Bertz CT molecular complexity index is 1500. The van der Waals surface area contributed by atoms with Crippen LogP contribution in [0.4, 0.5) is 5.69 Å². The van der Waals surface area contributed by atoms with Crippen LogP contribution in [-0.4, -0.2) is 69.7 Å². The van der Waals surface area contributed by atoms with E-state index in [0.29, 0.717) is 17.1 Å². The van der Waals surface area contributed by atoms with Gasteiger partial charge in [-0.3, -0.25) is 14.4 Å². The molecule has 2 aromatic rings. The summed E-state index contributed by atoms with van der Waals surface area (Å²) in [6, 6.07) is 1.67. The number of nitrogens with two attached hydrogens (primary N) is 1. The first-order valence-corrected chi connectivity index (χ1v) is 12.5. The van der Waals surface area contributed by atoms with E-state index in [1.807, 2.05) is 13.8 Å². The zero-order valence-corrected chi connectivity index (χ0v) is 22.2. The maximum atomic E-state index is 14.1. The molecule has 5 rings (SSSR count). The number of hydrogen-bond acceptors (Lipinski definition) is 11. The summed E-state index contributed by atoms with van der Waals surface area (Å²) in [5.41, 5.74) is 3.80. The molecule has 3 aliphatic rings. The highest BCUT2D eigenvalue weighted by Crippen LogP contribution is 2.54. The summed E-state index contributed by atoms with van der Waals surface area (Å²) < 4.78 is 11.0. The molecule has 1 aromatic heterocycles. The Labute approximate surface area is 223 Å². The number of Topliss-reactive ketones (excluding diaryl/α,β-unsaturated/α-hetero) is 2. The fourth-order valence-corrected chi connectivity index (χ4v) is 6.15. The van der Waals surface area contributed by atoms with Crippen molar-refractivity contribution in [2.75, 3.05) is 26.1 Å². The lowest BCUT2D eigenvalue weighted by Crippen LogP contribution is -2.58. The van der Waals surface area contributed by atoms with E-state index >= 15 is 0 Å². The molecule has 1 heterocycles. The minimum absolute atomic E-state index is 0.0291. The Morgan fingerprint density at radius 3 is 2.49 bits per heavy atom. The van der Waals surface area contributed by atoms with Crippen LogP contribution in [0, 0.1) is 11.8 Å². The number of aromatic hydroxyl groups is 1. The van der Waals surface area contributed by atoms with Crippen molar-refractivity contribution in [1.29, 1.82) is 0 Å². The van der Waals surface area contributed by atoms with Crippen molar-refractivity contribution in [3.63, 3.8) is 0 Å². The van der Waals surface area contributed by atoms with E-state index in [4.69, 9.17) is 15.0 Å². The molecular formula is C27H30N4O8. The van der Waals surface area contributed by atoms with Gasteiger partial charge in [0.1, 0.15) is 22.8 Å². The van der Waals surface area contributed by atoms with Crippen molar-refractivity contribution < 1.29 is 39.0 Å².